The zero-order valence-electron chi connectivity index (χ0n) is 9.52. The van der Waals surface area contributed by atoms with Gasteiger partial charge >= 0.3 is 0 Å². The van der Waals surface area contributed by atoms with Crippen molar-refractivity contribution in [3.63, 3.8) is 0 Å². The molecule has 0 bridgehead atoms. The summed E-state index contributed by atoms with van der Waals surface area (Å²) in [5.74, 6) is -0.244. The van der Waals surface area contributed by atoms with E-state index in [0.717, 1.165) is 25.1 Å². The molecule has 3 heteroatoms. The van der Waals surface area contributed by atoms with Gasteiger partial charge in [0.25, 0.3) is 0 Å². The highest BCUT2D eigenvalue weighted by atomic mass is 35.5. The van der Waals surface area contributed by atoms with Crippen LogP contribution in [-0.2, 0) is 6.42 Å². The molecule has 1 saturated carbocycles. The molecule has 1 N–H and O–H groups in total. The largest absolute Gasteiger partial charge is 0.316 e. The molecule has 1 aliphatic rings. The summed E-state index contributed by atoms with van der Waals surface area (Å²) in [5, 5.41) is 3.58. The lowest BCUT2D eigenvalue weighted by molar-refractivity contribution is 0.452. The second kappa shape index (κ2) is 4.72. The van der Waals surface area contributed by atoms with Crippen molar-refractivity contribution in [1.29, 1.82) is 0 Å². The Bertz CT molecular complexity index is 374. The number of benzene rings is 1. The summed E-state index contributed by atoms with van der Waals surface area (Å²) in [6.45, 7) is 4.05. The summed E-state index contributed by atoms with van der Waals surface area (Å²) >= 11 is 5.78. The summed E-state index contributed by atoms with van der Waals surface area (Å²) in [4.78, 5) is 0. The average molecular weight is 242 g/mol. The van der Waals surface area contributed by atoms with Crippen LogP contribution in [0.3, 0.4) is 0 Å². The summed E-state index contributed by atoms with van der Waals surface area (Å²) < 4.78 is 13.7. The van der Waals surface area contributed by atoms with Gasteiger partial charge in [-0.3, -0.25) is 0 Å². The highest BCUT2D eigenvalue weighted by molar-refractivity contribution is 6.30. The first-order valence-corrected chi connectivity index (χ1v) is 6.18. The van der Waals surface area contributed by atoms with Gasteiger partial charge in [0.2, 0.25) is 0 Å². The monoisotopic (exact) mass is 241 g/mol. The fourth-order valence-corrected chi connectivity index (χ4v) is 2.27. The van der Waals surface area contributed by atoms with Crippen LogP contribution >= 0.6 is 11.6 Å². The van der Waals surface area contributed by atoms with Crippen molar-refractivity contribution in [2.45, 2.75) is 26.2 Å². The van der Waals surface area contributed by atoms with Crippen LogP contribution in [0.5, 0.6) is 0 Å². The molecule has 88 valence electrons. The van der Waals surface area contributed by atoms with Crippen molar-refractivity contribution < 1.29 is 4.39 Å². The molecule has 1 aliphatic carbocycles. The minimum absolute atomic E-state index is 0.233. The molecular formula is C13H17ClFN. The second-order valence-corrected chi connectivity index (χ2v) is 5.08. The van der Waals surface area contributed by atoms with Gasteiger partial charge in [0.05, 0.1) is 5.02 Å². The van der Waals surface area contributed by atoms with Crippen molar-refractivity contribution in [1.82, 2.24) is 5.32 Å². The predicted molar refractivity (Wildman–Crippen MR) is 65.3 cm³/mol. The number of halogens is 2. The molecule has 1 fully saturated rings. The van der Waals surface area contributed by atoms with Crippen molar-refractivity contribution in [2.75, 3.05) is 13.1 Å². The molecule has 2 rings (SSSR count). The lowest BCUT2D eigenvalue weighted by Crippen LogP contribution is -2.25. The molecule has 16 heavy (non-hydrogen) atoms. The normalized spacial score (nSPS) is 17.4. The Balaban J connectivity index is 2.06. The maximum Gasteiger partial charge on any atom is 0.144 e. The molecule has 0 heterocycles. The third-order valence-corrected chi connectivity index (χ3v) is 3.60. The van der Waals surface area contributed by atoms with Crippen molar-refractivity contribution in [2.24, 2.45) is 5.41 Å². The summed E-state index contributed by atoms with van der Waals surface area (Å²) in [5.41, 5.74) is 1.03. The van der Waals surface area contributed by atoms with E-state index < -0.39 is 0 Å². The number of hydrogen-bond acceptors (Lipinski definition) is 1. The minimum atomic E-state index is -0.244. The molecule has 0 aromatic heterocycles. The van der Waals surface area contributed by atoms with Crippen LogP contribution in [0.2, 0.25) is 5.02 Å². The quantitative estimate of drug-likeness (QED) is 0.833. The molecule has 1 nitrogen and oxygen atoms in total. The van der Waals surface area contributed by atoms with Gasteiger partial charge in [-0.15, -0.1) is 0 Å². The van der Waals surface area contributed by atoms with Gasteiger partial charge in [-0.2, -0.15) is 0 Å². The van der Waals surface area contributed by atoms with Crippen LogP contribution in [0.1, 0.15) is 25.3 Å². The Labute approximate surface area is 101 Å². The topological polar surface area (TPSA) is 12.0 Å². The Morgan fingerprint density at radius 2 is 2.19 bits per heavy atom. The lowest BCUT2D eigenvalue weighted by Gasteiger charge is -2.16. The highest BCUT2D eigenvalue weighted by Crippen LogP contribution is 2.48. The zero-order valence-corrected chi connectivity index (χ0v) is 10.3. The third kappa shape index (κ3) is 2.55. The van der Waals surface area contributed by atoms with Crippen molar-refractivity contribution in [3.8, 4) is 0 Å². The number of hydrogen-bond donors (Lipinski definition) is 1. The first-order chi connectivity index (χ1) is 7.67. The summed E-state index contributed by atoms with van der Waals surface area (Å²) in [7, 11) is 0. The summed E-state index contributed by atoms with van der Waals surface area (Å²) in [6, 6.07) is 5.27. The number of nitrogens with one attached hydrogen (secondary N) is 1. The van der Waals surface area contributed by atoms with Crippen LogP contribution in [0, 0.1) is 11.2 Å². The van der Waals surface area contributed by atoms with E-state index in [1.807, 2.05) is 12.1 Å². The molecule has 1 aromatic rings. The van der Waals surface area contributed by atoms with E-state index in [1.165, 1.54) is 12.8 Å². The zero-order chi connectivity index (χ0) is 11.6. The Kier molecular flexibility index (Phi) is 3.50. The summed E-state index contributed by atoms with van der Waals surface area (Å²) in [6.07, 6.45) is 3.17. The smallest absolute Gasteiger partial charge is 0.144 e. The maximum atomic E-state index is 13.7. The van der Waals surface area contributed by atoms with Gasteiger partial charge in [-0.1, -0.05) is 30.7 Å². The van der Waals surface area contributed by atoms with Gasteiger partial charge in [0.1, 0.15) is 5.82 Å². The minimum Gasteiger partial charge on any atom is -0.316 e. The lowest BCUT2D eigenvalue weighted by atomic mass is 9.96. The first-order valence-electron chi connectivity index (χ1n) is 5.80. The van der Waals surface area contributed by atoms with Crippen LogP contribution in [0.25, 0.3) is 0 Å². The van der Waals surface area contributed by atoms with E-state index >= 15 is 0 Å². The van der Waals surface area contributed by atoms with Crippen molar-refractivity contribution in [3.05, 3.63) is 34.6 Å². The molecule has 0 amide bonds. The Hall–Kier alpha value is -0.600. The molecular weight excluding hydrogens is 225 g/mol. The fourth-order valence-electron chi connectivity index (χ4n) is 2.07. The third-order valence-electron chi connectivity index (χ3n) is 3.30. The van der Waals surface area contributed by atoms with E-state index in [0.29, 0.717) is 0 Å². The fraction of sp³-hybridized carbons (Fsp3) is 0.538. The van der Waals surface area contributed by atoms with Crippen LogP contribution in [0.15, 0.2) is 18.2 Å². The van der Waals surface area contributed by atoms with Gasteiger partial charge in [-0.05, 0) is 42.9 Å². The van der Waals surface area contributed by atoms with Gasteiger partial charge in [-0.25, -0.2) is 4.39 Å². The Morgan fingerprint density at radius 3 is 2.81 bits per heavy atom. The van der Waals surface area contributed by atoms with Gasteiger partial charge < -0.3 is 5.32 Å². The van der Waals surface area contributed by atoms with E-state index in [1.54, 1.807) is 6.07 Å². The van der Waals surface area contributed by atoms with Gasteiger partial charge in [0, 0.05) is 6.54 Å². The molecule has 0 spiro atoms. The van der Waals surface area contributed by atoms with E-state index in [-0.39, 0.29) is 16.3 Å². The van der Waals surface area contributed by atoms with Crippen LogP contribution in [-0.4, -0.2) is 13.1 Å². The van der Waals surface area contributed by atoms with Crippen LogP contribution < -0.4 is 5.32 Å². The van der Waals surface area contributed by atoms with Crippen molar-refractivity contribution >= 4 is 11.6 Å². The highest BCUT2D eigenvalue weighted by Gasteiger charge is 2.42. The van der Waals surface area contributed by atoms with Gasteiger partial charge in [0.15, 0.2) is 0 Å². The molecule has 0 radical (unpaired) electrons. The SMILES string of the molecule is CCNCC1(Cc2cccc(Cl)c2F)CC1. The molecule has 0 saturated heterocycles. The molecule has 0 aliphatic heterocycles. The van der Waals surface area contributed by atoms with Crippen LogP contribution in [0.4, 0.5) is 4.39 Å². The van der Waals surface area contributed by atoms with E-state index in [4.69, 9.17) is 11.6 Å². The predicted octanol–water partition coefficient (Wildman–Crippen LogP) is 3.41. The first kappa shape index (κ1) is 11.9. The number of rotatable bonds is 5. The Morgan fingerprint density at radius 1 is 1.44 bits per heavy atom. The van der Waals surface area contributed by atoms with E-state index in [9.17, 15) is 4.39 Å². The van der Waals surface area contributed by atoms with E-state index in [2.05, 4.69) is 12.2 Å². The maximum absolute atomic E-state index is 13.7. The standard InChI is InChI=1S/C13H17ClFN/c1-2-16-9-13(6-7-13)8-10-4-3-5-11(14)12(10)15/h3-5,16H,2,6-9H2,1H3. The molecule has 0 unspecified atom stereocenters. The molecule has 0 atom stereocenters. The molecule has 1 aromatic carbocycles. The second-order valence-electron chi connectivity index (χ2n) is 4.67. The average Bonchev–Trinajstić information content (AvgIpc) is 3.03.